The van der Waals surface area contributed by atoms with Crippen LogP contribution in [0.25, 0.3) is 16.8 Å². The van der Waals surface area contributed by atoms with Crippen LogP contribution in [0.15, 0.2) is 71.7 Å². The lowest BCUT2D eigenvalue weighted by atomic mass is 10.1. The molecule has 1 aromatic heterocycles. The van der Waals surface area contributed by atoms with Crippen molar-refractivity contribution in [2.45, 2.75) is 6.54 Å². The molecule has 0 unspecified atom stereocenters. The van der Waals surface area contributed by atoms with Crippen LogP contribution in [0.1, 0.15) is 11.1 Å². The van der Waals surface area contributed by atoms with Crippen molar-refractivity contribution in [1.82, 2.24) is 9.63 Å². The van der Waals surface area contributed by atoms with E-state index < -0.39 is 6.03 Å². The minimum Gasteiger partial charge on any atom is -0.350 e. The number of rotatable bonds is 5. The van der Waals surface area contributed by atoms with E-state index in [9.17, 15) is 14.8 Å². The maximum Gasteiger partial charge on any atom is 0.338 e. The number of primary amides is 1. The van der Waals surface area contributed by atoms with E-state index in [0.717, 1.165) is 16.5 Å². The Balaban J connectivity index is 1.83. The number of hydroxylamine groups is 2. The van der Waals surface area contributed by atoms with Gasteiger partial charge >= 0.3 is 6.03 Å². The fraction of sp³-hybridized carbons (Fsp3) is 0.100. The Labute approximate surface area is 150 Å². The van der Waals surface area contributed by atoms with E-state index in [0.29, 0.717) is 17.0 Å². The SMILES string of the molecule is NC(=O)N(O)CC=Cc1ccc2c(=O)n(Cc3ccccc3)ccc2c1. The highest BCUT2D eigenvalue weighted by Gasteiger charge is 2.05. The van der Waals surface area contributed by atoms with Gasteiger partial charge in [0, 0.05) is 11.6 Å². The molecular weight excluding hydrogens is 330 g/mol. The third kappa shape index (κ3) is 3.99. The summed E-state index contributed by atoms with van der Waals surface area (Å²) in [6.07, 6.45) is 5.15. The second-order valence-corrected chi connectivity index (χ2v) is 5.90. The van der Waals surface area contributed by atoms with Gasteiger partial charge in [0.1, 0.15) is 0 Å². The van der Waals surface area contributed by atoms with E-state index in [1.54, 1.807) is 29.0 Å². The molecule has 3 aromatic rings. The summed E-state index contributed by atoms with van der Waals surface area (Å²) in [4.78, 5) is 23.4. The Morgan fingerprint density at radius 1 is 1.15 bits per heavy atom. The molecule has 132 valence electrons. The van der Waals surface area contributed by atoms with Crippen molar-refractivity contribution in [2.24, 2.45) is 5.73 Å². The summed E-state index contributed by atoms with van der Waals surface area (Å²) in [7, 11) is 0. The molecule has 2 amide bonds. The summed E-state index contributed by atoms with van der Waals surface area (Å²) >= 11 is 0. The van der Waals surface area contributed by atoms with E-state index in [-0.39, 0.29) is 12.1 Å². The maximum atomic E-state index is 12.7. The molecule has 26 heavy (non-hydrogen) atoms. The van der Waals surface area contributed by atoms with Crippen LogP contribution in [0.4, 0.5) is 4.79 Å². The number of hydrogen-bond acceptors (Lipinski definition) is 3. The summed E-state index contributed by atoms with van der Waals surface area (Å²) in [5.41, 5.74) is 6.82. The summed E-state index contributed by atoms with van der Waals surface area (Å²) in [5, 5.41) is 11.1. The molecular formula is C20H19N3O3. The number of aromatic nitrogens is 1. The highest BCUT2D eigenvalue weighted by molar-refractivity contribution is 5.83. The smallest absolute Gasteiger partial charge is 0.338 e. The predicted molar refractivity (Wildman–Crippen MR) is 101 cm³/mol. The minimum absolute atomic E-state index is 0.00790. The van der Waals surface area contributed by atoms with E-state index in [1.807, 2.05) is 48.5 Å². The highest BCUT2D eigenvalue weighted by Crippen LogP contribution is 2.14. The van der Waals surface area contributed by atoms with E-state index in [2.05, 4.69) is 0 Å². The van der Waals surface area contributed by atoms with Gasteiger partial charge in [-0.15, -0.1) is 0 Å². The highest BCUT2D eigenvalue weighted by atomic mass is 16.5. The Hall–Kier alpha value is -3.38. The minimum atomic E-state index is -0.910. The molecule has 6 nitrogen and oxygen atoms in total. The molecule has 6 heteroatoms. The molecule has 0 aliphatic carbocycles. The number of carbonyl (C=O) groups is 1. The van der Waals surface area contributed by atoms with Crippen LogP contribution < -0.4 is 11.3 Å². The lowest BCUT2D eigenvalue weighted by molar-refractivity contribution is -0.0286. The second-order valence-electron chi connectivity index (χ2n) is 5.90. The third-order valence-electron chi connectivity index (χ3n) is 4.04. The average molecular weight is 349 g/mol. The monoisotopic (exact) mass is 349 g/mol. The Morgan fingerprint density at radius 3 is 2.65 bits per heavy atom. The number of benzene rings is 2. The molecule has 0 atom stereocenters. The summed E-state index contributed by atoms with van der Waals surface area (Å²) < 4.78 is 1.68. The van der Waals surface area contributed by atoms with Crippen LogP contribution in [0, 0.1) is 0 Å². The van der Waals surface area contributed by atoms with Crippen molar-refractivity contribution in [2.75, 3.05) is 6.54 Å². The van der Waals surface area contributed by atoms with E-state index in [4.69, 9.17) is 5.73 Å². The number of carbonyl (C=O) groups excluding carboxylic acids is 1. The van der Waals surface area contributed by atoms with Crippen LogP contribution in [-0.2, 0) is 6.54 Å². The van der Waals surface area contributed by atoms with Gasteiger partial charge in [0.15, 0.2) is 0 Å². The Morgan fingerprint density at radius 2 is 1.92 bits per heavy atom. The standard InChI is InChI=1S/C20H19N3O3/c21-20(25)23(26)11-4-7-15-8-9-18-17(13-15)10-12-22(19(18)24)14-16-5-2-1-3-6-16/h1-10,12-13,26H,11,14H2,(H2,21,25). The summed E-state index contributed by atoms with van der Waals surface area (Å²) in [6.45, 7) is 0.517. The number of hydrogen-bond donors (Lipinski definition) is 2. The van der Waals surface area contributed by atoms with Crippen LogP contribution in [0.5, 0.6) is 0 Å². The van der Waals surface area contributed by atoms with Gasteiger partial charge in [-0.3, -0.25) is 10.0 Å². The first-order chi connectivity index (χ1) is 12.5. The first kappa shape index (κ1) is 17.4. The normalized spacial score (nSPS) is 11.1. The van der Waals surface area contributed by atoms with Gasteiger partial charge in [0.2, 0.25) is 0 Å². The quantitative estimate of drug-likeness (QED) is 0.548. The zero-order valence-corrected chi connectivity index (χ0v) is 14.1. The van der Waals surface area contributed by atoms with Gasteiger partial charge < -0.3 is 10.3 Å². The van der Waals surface area contributed by atoms with Crippen molar-refractivity contribution >= 4 is 22.9 Å². The fourth-order valence-corrected chi connectivity index (χ4v) is 2.69. The van der Waals surface area contributed by atoms with Crippen molar-refractivity contribution in [3.63, 3.8) is 0 Å². The second kappa shape index (κ2) is 7.67. The van der Waals surface area contributed by atoms with Crippen LogP contribution in [0.3, 0.4) is 0 Å². The number of fused-ring (bicyclic) bond motifs is 1. The van der Waals surface area contributed by atoms with Crippen LogP contribution in [-0.4, -0.2) is 27.4 Å². The number of urea groups is 1. The molecule has 0 saturated carbocycles. The lowest BCUT2D eigenvalue weighted by Crippen LogP contribution is -2.32. The first-order valence-electron chi connectivity index (χ1n) is 8.14. The summed E-state index contributed by atoms with van der Waals surface area (Å²) in [6, 6.07) is 16.3. The Bertz CT molecular complexity index is 1010. The molecule has 0 saturated heterocycles. The van der Waals surface area contributed by atoms with Crippen molar-refractivity contribution in [3.05, 3.63) is 88.4 Å². The van der Waals surface area contributed by atoms with Gasteiger partial charge in [-0.25, -0.2) is 9.86 Å². The van der Waals surface area contributed by atoms with Crippen molar-refractivity contribution in [1.29, 1.82) is 0 Å². The van der Waals surface area contributed by atoms with Crippen molar-refractivity contribution in [3.8, 4) is 0 Å². The van der Waals surface area contributed by atoms with Gasteiger partial charge in [-0.1, -0.05) is 48.6 Å². The van der Waals surface area contributed by atoms with Gasteiger partial charge in [-0.05, 0) is 34.7 Å². The van der Waals surface area contributed by atoms with Gasteiger partial charge in [-0.2, -0.15) is 0 Å². The molecule has 3 N–H and O–H groups in total. The first-order valence-corrected chi connectivity index (χ1v) is 8.14. The molecule has 0 aliphatic heterocycles. The maximum absolute atomic E-state index is 12.7. The van der Waals surface area contributed by atoms with Crippen molar-refractivity contribution < 1.29 is 10.0 Å². The number of amides is 2. The molecule has 0 bridgehead atoms. The van der Waals surface area contributed by atoms with Crippen LogP contribution >= 0.6 is 0 Å². The zero-order valence-electron chi connectivity index (χ0n) is 14.1. The molecule has 0 fully saturated rings. The largest absolute Gasteiger partial charge is 0.350 e. The Kier molecular flexibility index (Phi) is 5.15. The molecule has 1 heterocycles. The molecule has 0 radical (unpaired) electrons. The predicted octanol–water partition coefficient (Wildman–Crippen LogP) is 2.83. The topological polar surface area (TPSA) is 88.6 Å². The number of nitrogens with zero attached hydrogens (tertiary/aromatic N) is 2. The average Bonchev–Trinajstić information content (AvgIpc) is 2.65. The molecule has 3 rings (SSSR count). The van der Waals surface area contributed by atoms with Gasteiger partial charge in [0.05, 0.1) is 13.1 Å². The van der Waals surface area contributed by atoms with E-state index >= 15 is 0 Å². The van der Waals surface area contributed by atoms with Gasteiger partial charge in [0.25, 0.3) is 5.56 Å². The number of nitrogens with two attached hydrogens (primary N) is 1. The third-order valence-corrected chi connectivity index (χ3v) is 4.04. The fourth-order valence-electron chi connectivity index (χ4n) is 2.69. The van der Waals surface area contributed by atoms with E-state index in [1.165, 1.54) is 0 Å². The zero-order chi connectivity index (χ0) is 18.5. The number of pyridine rings is 1. The van der Waals surface area contributed by atoms with Crippen LogP contribution in [0.2, 0.25) is 0 Å². The summed E-state index contributed by atoms with van der Waals surface area (Å²) in [5.74, 6) is 0. The molecule has 0 spiro atoms. The molecule has 0 aliphatic rings. The molecule has 2 aromatic carbocycles. The lowest BCUT2D eigenvalue weighted by Gasteiger charge is -2.09.